The number of nitrogens with one attached hydrogen (secondary N) is 1. The maximum atomic E-state index is 13.2. The van der Waals surface area contributed by atoms with Gasteiger partial charge in [0.15, 0.2) is 0 Å². The number of methoxy groups -OCH3 is 1. The van der Waals surface area contributed by atoms with Gasteiger partial charge in [-0.3, -0.25) is 19.9 Å². The number of ether oxygens (including phenoxy) is 1. The highest BCUT2D eigenvalue weighted by atomic mass is 35.5. The quantitative estimate of drug-likeness (QED) is 0.515. The van der Waals surface area contributed by atoms with Crippen molar-refractivity contribution >= 4 is 39.8 Å². The highest BCUT2D eigenvalue weighted by Gasteiger charge is 2.25. The van der Waals surface area contributed by atoms with Gasteiger partial charge < -0.3 is 10.1 Å². The van der Waals surface area contributed by atoms with E-state index in [-0.39, 0.29) is 17.3 Å². The molecule has 8 heteroatoms. The molecule has 0 aliphatic heterocycles. The zero-order chi connectivity index (χ0) is 19.8. The van der Waals surface area contributed by atoms with Crippen LogP contribution in [0.15, 0.2) is 36.4 Å². The molecule has 1 amide bonds. The molecule has 1 N–H and O–H groups in total. The average molecular weight is 398 g/mol. The van der Waals surface area contributed by atoms with E-state index in [0.717, 1.165) is 30.5 Å². The van der Waals surface area contributed by atoms with Crippen LogP contribution in [0.5, 0.6) is 5.75 Å². The monoisotopic (exact) mass is 397 g/mol. The lowest BCUT2D eigenvalue weighted by molar-refractivity contribution is -0.384. The highest BCUT2D eigenvalue weighted by Crippen LogP contribution is 2.34. The molecule has 0 saturated heterocycles. The van der Waals surface area contributed by atoms with E-state index < -0.39 is 4.92 Å². The molecule has 1 aliphatic carbocycles. The van der Waals surface area contributed by atoms with E-state index in [4.69, 9.17) is 16.3 Å². The number of fused-ring (bicyclic) bond motifs is 2. The van der Waals surface area contributed by atoms with Crippen molar-refractivity contribution in [1.29, 1.82) is 0 Å². The molecule has 0 radical (unpaired) electrons. The molecule has 7 nitrogen and oxygen atoms in total. The lowest BCUT2D eigenvalue weighted by Gasteiger charge is -2.14. The average Bonchev–Trinajstić information content (AvgIpc) is 3.13. The van der Waals surface area contributed by atoms with Crippen LogP contribution in [0, 0.1) is 10.1 Å². The van der Waals surface area contributed by atoms with Gasteiger partial charge in [0.05, 0.1) is 28.8 Å². The summed E-state index contributed by atoms with van der Waals surface area (Å²) in [5, 5.41) is 15.0. The zero-order valence-corrected chi connectivity index (χ0v) is 15.7. The van der Waals surface area contributed by atoms with Crippen LogP contribution in [-0.2, 0) is 12.8 Å². The van der Waals surface area contributed by atoms with Gasteiger partial charge in [-0.05, 0) is 49.1 Å². The molecule has 3 aromatic rings. The Bertz CT molecular complexity index is 1130. The Kier molecular flexibility index (Phi) is 4.60. The molecule has 0 unspecified atom stereocenters. The third kappa shape index (κ3) is 3.14. The van der Waals surface area contributed by atoms with Crippen molar-refractivity contribution < 1.29 is 14.5 Å². The van der Waals surface area contributed by atoms with E-state index in [1.165, 1.54) is 25.3 Å². The number of rotatable bonds is 4. The number of hydrogen-bond donors (Lipinski definition) is 1. The van der Waals surface area contributed by atoms with E-state index in [9.17, 15) is 14.9 Å². The second-order valence-electron chi connectivity index (χ2n) is 6.52. The summed E-state index contributed by atoms with van der Waals surface area (Å²) in [6.07, 6.45) is 2.49. The van der Waals surface area contributed by atoms with Gasteiger partial charge in [0.2, 0.25) is 0 Å². The predicted molar refractivity (Wildman–Crippen MR) is 106 cm³/mol. The molecule has 142 valence electrons. The van der Waals surface area contributed by atoms with Gasteiger partial charge in [-0.15, -0.1) is 0 Å². The van der Waals surface area contributed by atoms with Crippen molar-refractivity contribution in [2.45, 2.75) is 19.3 Å². The fourth-order valence-corrected chi connectivity index (χ4v) is 3.76. The third-order valence-corrected chi connectivity index (χ3v) is 5.08. The van der Waals surface area contributed by atoms with Crippen LogP contribution < -0.4 is 10.1 Å². The van der Waals surface area contributed by atoms with Crippen molar-refractivity contribution in [1.82, 2.24) is 4.98 Å². The molecule has 0 fully saturated rings. The number of anilines is 1. The van der Waals surface area contributed by atoms with Gasteiger partial charge in [-0.2, -0.15) is 0 Å². The van der Waals surface area contributed by atoms with E-state index >= 15 is 0 Å². The summed E-state index contributed by atoms with van der Waals surface area (Å²) in [4.78, 5) is 28.5. The highest BCUT2D eigenvalue weighted by molar-refractivity contribution is 6.31. The molecule has 1 aromatic heterocycles. The summed E-state index contributed by atoms with van der Waals surface area (Å²) in [7, 11) is 1.44. The van der Waals surface area contributed by atoms with E-state index in [2.05, 4.69) is 10.3 Å². The number of halogens is 1. The van der Waals surface area contributed by atoms with Crippen LogP contribution >= 0.6 is 11.6 Å². The van der Waals surface area contributed by atoms with Crippen LogP contribution in [0.1, 0.15) is 28.0 Å². The smallest absolute Gasteiger partial charge is 0.271 e. The molecule has 2 aromatic carbocycles. The minimum absolute atomic E-state index is 0.135. The minimum atomic E-state index is -0.519. The van der Waals surface area contributed by atoms with Gasteiger partial charge in [0.25, 0.3) is 11.6 Å². The number of aryl methyl sites for hydroxylation is 1. The maximum absolute atomic E-state index is 13.2. The van der Waals surface area contributed by atoms with Crippen LogP contribution in [0.4, 0.5) is 11.4 Å². The van der Waals surface area contributed by atoms with Gasteiger partial charge >= 0.3 is 0 Å². The van der Waals surface area contributed by atoms with Gasteiger partial charge in [-0.1, -0.05) is 11.6 Å². The Balaban J connectivity index is 1.83. The van der Waals surface area contributed by atoms with Crippen LogP contribution in [0.2, 0.25) is 5.02 Å². The van der Waals surface area contributed by atoms with Crippen molar-refractivity contribution in [3.8, 4) is 5.75 Å². The summed E-state index contributed by atoms with van der Waals surface area (Å²) in [5.41, 5.74) is 3.11. The standard InChI is InChI=1S/C20H16ClN3O4/c1-28-18-8-6-12(24(26)27)10-17(18)23-20(25)19-13-3-2-4-15(13)22-16-7-5-11(21)9-14(16)19/h5-10H,2-4H2,1H3,(H,23,25). The Morgan fingerprint density at radius 3 is 2.82 bits per heavy atom. The summed E-state index contributed by atoms with van der Waals surface area (Å²) in [5.74, 6) is -0.0291. The topological polar surface area (TPSA) is 94.4 Å². The number of pyridine rings is 1. The lowest BCUT2D eigenvalue weighted by Crippen LogP contribution is -2.16. The summed E-state index contributed by atoms with van der Waals surface area (Å²) in [6.45, 7) is 0. The largest absolute Gasteiger partial charge is 0.495 e. The van der Waals surface area contributed by atoms with Crippen LogP contribution in [-0.4, -0.2) is 22.9 Å². The fourth-order valence-electron chi connectivity index (χ4n) is 3.59. The molecule has 1 aliphatic rings. The number of carbonyl (C=O) groups is 1. The van der Waals surface area contributed by atoms with Crippen LogP contribution in [0.25, 0.3) is 10.9 Å². The van der Waals surface area contributed by atoms with Crippen LogP contribution in [0.3, 0.4) is 0 Å². The molecule has 0 atom stereocenters. The predicted octanol–water partition coefficient (Wildman–Crippen LogP) is 4.55. The first kappa shape index (κ1) is 18.2. The van der Waals surface area contributed by atoms with Gasteiger partial charge in [0, 0.05) is 28.2 Å². The van der Waals surface area contributed by atoms with Crippen molar-refractivity contribution in [3.63, 3.8) is 0 Å². The number of amides is 1. The number of carbonyl (C=O) groups excluding carboxylic acids is 1. The first-order chi connectivity index (χ1) is 13.5. The molecule has 4 rings (SSSR count). The summed E-state index contributed by atoms with van der Waals surface area (Å²) >= 11 is 6.16. The van der Waals surface area contributed by atoms with E-state index in [0.29, 0.717) is 27.2 Å². The number of nitro groups is 1. The number of hydrogen-bond acceptors (Lipinski definition) is 5. The number of benzene rings is 2. The number of non-ortho nitro benzene ring substituents is 1. The maximum Gasteiger partial charge on any atom is 0.271 e. The van der Waals surface area contributed by atoms with E-state index in [1.807, 2.05) is 0 Å². The second-order valence-corrected chi connectivity index (χ2v) is 6.96. The molecule has 28 heavy (non-hydrogen) atoms. The minimum Gasteiger partial charge on any atom is -0.495 e. The normalized spacial score (nSPS) is 12.6. The third-order valence-electron chi connectivity index (χ3n) is 4.84. The molecule has 0 saturated carbocycles. The first-order valence-corrected chi connectivity index (χ1v) is 9.10. The second kappa shape index (κ2) is 7.09. The Hall–Kier alpha value is -3.19. The zero-order valence-electron chi connectivity index (χ0n) is 15.0. The fraction of sp³-hybridized carbons (Fsp3) is 0.200. The van der Waals surface area contributed by atoms with Crippen molar-refractivity contribution in [2.24, 2.45) is 0 Å². The molecular formula is C20H16ClN3O4. The lowest BCUT2D eigenvalue weighted by atomic mass is 10.0. The Morgan fingerprint density at radius 1 is 1.25 bits per heavy atom. The molecular weight excluding hydrogens is 382 g/mol. The Morgan fingerprint density at radius 2 is 2.07 bits per heavy atom. The van der Waals surface area contributed by atoms with Gasteiger partial charge in [0.1, 0.15) is 5.75 Å². The summed E-state index contributed by atoms with van der Waals surface area (Å²) < 4.78 is 5.25. The first-order valence-electron chi connectivity index (χ1n) is 8.72. The van der Waals surface area contributed by atoms with Crippen molar-refractivity contribution in [2.75, 3.05) is 12.4 Å². The number of nitrogens with zero attached hydrogens (tertiary/aromatic N) is 2. The Labute approximate surface area is 165 Å². The SMILES string of the molecule is COc1ccc([N+](=O)[O-])cc1NC(=O)c1c2c(nc3ccc(Cl)cc13)CCC2. The molecule has 0 spiro atoms. The summed E-state index contributed by atoms with van der Waals surface area (Å²) in [6, 6.07) is 9.33. The molecule has 1 heterocycles. The van der Waals surface area contributed by atoms with Crippen molar-refractivity contribution in [3.05, 3.63) is 68.4 Å². The number of aromatic nitrogens is 1. The number of nitro benzene ring substituents is 1. The molecule has 0 bridgehead atoms. The van der Waals surface area contributed by atoms with E-state index in [1.54, 1.807) is 18.2 Å². The van der Waals surface area contributed by atoms with Gasteiger partial charge in [-0.25, -0.2) is 0 Å².